The summed E-state index contributed by atoms with van der Waals surface area (Å²) in [6, 6.07) is 10.9. The van der Waals surface area contributed by atoms with Crippen LogP contribution < -0.4 is 5.56 Å². The van der Waals surface area contributed by atoms with Gasteiger partial charge < -0.3 is 14.1 Å². The van der Waals surface area contributed by atoms with Gasteiger partial charge in [0.25, 0.3) is 10.6 Å². The van der Waals surface area contributed by atoms with Crippen molar-refractivity contribution in [1.29, 1.82) is 0 Å². The van der Waals surface area contributed by atoms with Gasteiger partial charge in [0.1, 0.15) is 11.3 Å². The number of pyridine rings is 2. The molecule has 0 aliphatic carbocycles. The quantitative estimate of drug-likeness (QED) is 0.565. The maximum absolute atomic E-state index is 13.1. The largest absolute Gasteiger partial charge is 0.605 e. The highest BCUT2D eigenvalue weighted by molar-refractivity contribution is 7.91. The number of rotatable bonds is 3. The fourth-order valence-corrected chi connectivity index (χ4v) is 3.99. The number of aromatic amines is 1. The van der Waals surface area contributed by atoms with Crippen LogP contribution in [0.2, 0.25) is 0 Å². The van der Waals surface area contributed by atoms with Crippen molar-refractivity contribution in [2.24, 2.45) is 7.05 Å². The molecule has 3 heterocycles. The van der Waals surface area contributed by atoms with Gasteiger partial charge in [-0.3, -0.25) is 4.79 Å². The van der Waals surface area contributed by atoms with Gasteiger partial charge in [0.2, 0.25) is 0 Å². The van der Waals surface area contributed by atoms with Crippen LogP contribution in [0, 0.1) is 5.82 Å². The van der Waals surface area contributed by atoms with Crippen LogP contribution in [0.25, 0.3) is 22.0 Å². The summed E-state index contributed by atoms with van der Waals surface area (Å²) in [5, 5.41) is 1.10. The van der Waals surface area contributed by atoms with Crippen LogP contribution in [0.15, 0.2) is 75.8 Å². The third kappa shape index (κ3) is 2.71. The Hall–Kier alpha value is -2.90. The SMILES string of the molecule is Cn1ccc2c(-c3cccnc3[S+]([O-])c3ccc(F)cc3)c[nH]c2c1=O. The van der Waals surface area contributed by atoms with E-state index >= 15 is 0 Å². The third-order valence-electron chi connectivity index (χ3n) is 4.18. The van der Waals surface area contributed by atoms with E-state index in [1.807, 2.05) is 12.1 Å². The number of H-pyrrole nitrogens is 1. The zero-order chi connectivity index (χ0) is 18.3. The summed E-state index contributed by atoms with van der Waals surface area (Å²) in [7, 11) is 1.68. The predicted molar refractivity (Wildman–Crippen MR) is 97.8 cm³/mol. The fraction of sp³-hybridized carbons (Fsp3) is 0.0526. The van der Waals surface area contributed by atoms with Crippen molar-refractivity contribution in [3.8, 4) is 11.1 Å². The summed E-state index contributed by atoms with van der Waals surface area (Å²) in [5.41, 5.74) is 1.75. The van der Waals surface area contributed by atoms with E-state index < -0.39 is 11.2 Å². The monoisotopic (exact) mass is 367 g/mol. The van der Waals surface area contributed by atoms with Crippen molar-refractivity contribution in [2.45, 2.75) is 9.92 Å². The molecule has 4 rings (SSSR count). The third-order valence-corrected chi connectivity index (χ3v) is 5.56. The van der Waals surface area contributed by atoms with Crippen LogP contribution in [0.1, 0.15) is 0 Å². The van der Waals surface area contributed by atoms with Crippen LogP contribution in [-0.2, 0) is 18.2 Å². The Bertz CT molecular complexity index is 1150. The maximum atomic E-state index is 13.1. The van der Waals surface area contributed by atoms with Gasteiger partial charge in [-0.2, -0.15) is 0 Å². The Morgan fingerprint density at radius 1 is 1.15 bits per heavy atom. The summed E-state index contributed by atoms with van der Waals surface area (Å²) < 4.78 is 27.6. The van der Waals surface area contributed by atoms with Gasteiger partial charge >= 0.3 is 0 Å². The minimum absolute atomic E-state index is 0.140. The highest BCUT2D eigenvalue weighted by Gasteiger charge is 2.23. The lowest BCUT2D eigenvalue weighted by atomic mass is 10.1. The van der Waals surface area contributed by atoms with E-state index in [1.165, 1.54) is 28.8 Å². The molecule has 0 bridgehead atoms. The lowest BCUT2D eigenvalue weighted by Gasteiger charge is -2.12. The molecular weight excluding hydrogens is 353 g/mol. The van der Waals surface area contributed by atoms with E-state index in [9.17, 15) is 13.7 Å². The average molecular weight is 367 g/mol. The van der Waals surface area contributed by atoms with E-state index in [0.29, 0.717) is 21.0 Å². The maximum Gasteiger partial charge on any atom is 0.274 e. The van der Waals surface area contributed by atoms with E-state index in [4.69, 9.17) is 0 Å². The number of halogens is 1. The summed E-state index contributed by atoms with van der Waals surface area (Å²) in [5.74, 6) is -0.389. The van der Waals surface area contributed by atoms with Gasteiger partial charge in [-0.05, 0) is 42.5 Å². The van der Waals surface area contributed by atoms with Gasteiger partial charge in [-0.1, -0.05) is 0 Å². The first-order chi connectivity index (χ1) is 12.6. The van der Waals surface area contributed by atoms with E-state index in [0.717, 1.165) is 10.9 Å². The highest BCUT2D eigenvalue weighted by atomic mass is 32.2. The predicted octanol–water partition coefficient (Wildman–Crippen LogP) is 3.23. The number of aryl methyl sites for hydroxylation is 1. The molecule has 0 saturated heterocycles. The van der Waals surface area contributed by atoms with Crippen LogP contribution in [0.4, 0.5) is 4.39 Å². The number of nitrogens with zero attached hydrogens (tertiary/aromatic N) is 2. The van der Waals surface area contributed by atoms with Gasteiger partial charge in [0.05, 0.1) is 5.56 Å². The second-order valence-electron chi connectivity index (χ2n) is 5.80. The molecular formula is C19H14FN3O2S. The molecule has 0 amide bonds. The first kappa shape index (κ1) is 16.6. The molecule has 26 heavy (non-hydrogen) atoms. The van der Waals surface area contributed by atoms with E-state index in [-0.39, 0.29) is 11.4 Å². The first-order valence-corrected chi connectivity index (χ1v) is 9.00. The number of benzene rings is 1. The first-order valence-electron chi connectivity index (χ1n) is 7.85. The standard InChI is InChI=1S/C19H14FN3O2S/c1-23-10-8-14-16(11-22-17(14)19(23)24)15-3-2-9-21-18(15)26(25)13-6-4-12(20)5-7-13/h2-11,22H,1H3. The molecule has 0 aliphatic heterocycles. The van der Waals surface area contributed by atoms with Crippen LogP contribution >= 0.6 is 0 Å². The molecule has 0 saturated carbocycles. The highest BCUT2D eigenvalue weighted by Crippen LogP contribution is 2.33. The minimum atomic E-state index is -1.58. The topological polar surface area (TPSA) is 73.7 Å². The Morgan fingerprint density at radius 2 is 1.92 bits per heavy atom. The van der Waals surface area contributed by atoms with Crippen LogP contribution in [0.5, 0.6) is 0 Å². The molecule has 0 aliphatic rings. The van der Waals surface area contributed by atoms with Crippen molar-refractivity contribution >= 4 is 22.1 Å². The molecule has 4 aromatic rings. The lowest BCUT2D eigenvalue weighted by Crippen LogP contribution is -2.15. The van der Waals surface area contributed by atoms with Crippen molar-refractivity contribution < 1.29 is 8.94 Å². The second kappa shape index (κ2) is 6.44. The number of aromatic nitrogens is 3. The van der Waals surface area contributed by atoms with Gasteiger partial charge in [0.15, 0.2) is 4.90 Å². The van der Waals surface area contributed by atoms with E-state index in [1.54, 1.807) is 31.7 Å². The molecule has 1 aromatic carbocycles. The Balaban J connectivity index is 1.88. The van der Waals surface area contributed by atoms with Crippen molar-refractivity contribution in [2.75, 3.05) is 0 Å². The Morgan fingerprint density at radius 3 is 2.69 bits per heavy atom. The number of hydrogen-bond donors (Lipinski definition) is 1. The summed E-state index contributed by atoms with van der Waals surface area (Å²) in [6.45, 7) is 0. The number of hydrogen-bond acceptors (Lipinski definition) is 3. The Kier molecular flexibility index (Phi) is 4.10. The number of nitrogens with one attached hydrogen (secondary N) is 1. The van der Waals surface area contributed by atoms with Crippen LogP contribution in [0.3, 0.4) is 0 Å². The zero-order valence-corrected chi connectivity index (χ0v) is 14.6. The minimum Gasteiger partial charge on any atom is -0.605 e. The zero-order valence-electron chi connectivity index (χ0n) is 13.8. The number of fused-ring (bicyclic) bond motifs is 1. The van der Waals surface area contributed by atoms with Gasteiger partial charge in [-0.25, -0.2) is 9.37 Å². The van der Waals surface area contributed by atoms with Crippen molar-refractivity contribution in [1.82, 2.24) is 14.5 Å². The summed E-state index contributed by atoms with van der Waals surface area (Å²) in [6.07, 6.45) is 4.97. The molecule has 130 valence electrons. The molecule has 3 aromatic heterocycles. The van der Waals surface area contributed by atoms with Crippen molar-refractivity contribution in [3.05, 3.63) is 77.2 Å². The fourth-order valence-electron chi connectivity index (χ4n) is 2.85. The molecule has 1 unspecified atom stereocenters. The van der Waals surface area contributed by atoms with Gasteiger partial charge in [0, 0.05) is 47.8 Å². The van der Waals surface area contributed by atoms with Crippen LogP contribution in [-0.4, -0.2) is 19.1 Å². The molecule has 0 spiro atoms. The molecule has 5 nitrogen and oxygen atoms in total. The molecule has 1 atom stereocenters. The van der Waals surface area contributed by atoms with Gasteiger partial charge in [-0.15, -0.1) is 0 Å². The average Bonchev–Trinajstić information content (AvgIpc) is 3.09. The molecule has 1 N–H and O–H groups in total. The molecule has 7 heteroatoms. The molecule has 0 fully saturated rings. The van der Waals surface area contributed by atoms with Crippen molar-refractivity contribution in [3.63, 3.8) is 0 Å². The second-order valence-corrected chi connectivity index (χ2v) is 7.20. The Labute approximate surface area is 151 Å². The summed E-state index contributed by atoms with van der Waals surface area (Å²) >= 11 is -1.58. The smallest absolute Gasteiger partial charge is 0.274 e. The normalized spacial score (nSPS) is 12.4. The molecule has 0 radical (unpaired) electrons. The summed E-state index contributed by atoms with van der Waals surface area (Å²) in [4.78, 5) is 20.0. The van der Waals surface area contributed by atoms with E-state index in [2.05, 4.69) is 9.97 Å². The lowest BCUT2D eigenvalue weighted by molar-refractivity contribution is 0.590.